The topological polar surface area (TPSA) is 74.2 Å². The third kappa shape index (κ3) is 4.83. The molecule has 5 heteroatoms. The molecule has 0 aliphatic carbocycles. The van der Waals surface area contributed by atoms with Gasteiger partial charge in [0.1, 0.15) is 0 Å². The molecule has 108 valence electrons. The van der Waals surface area contributed by atoms with E-state index in [2.05, 4.69) is 15.8 Å². The summed E-state index contributed by atoms with van der Waals surface area (Å²) in [6.07, 6.45) is 6.75. The van der Waals surface area contributed by atoms with Crippen LogP contribution in [0.1, 0.15) is 15.9 Å². The molecule has 0 aliphatic heterocycles. The van der Waals surface area contributed by atoms with E-state index in [1.807, 2.05) is 36.4 Å². The molecule has 0 saturated carbocycles. The molecule has 3 N–H and O–H groups in total. The minimum absolute atomic E-state index is 0.128. The summed E-state index contributed by atoms with van der Waals surface area (Å²) in [5, 5.41) is 9.31. The van der Waals surface area contributed by atoms with E-state index in [0.29, 0.717) is 5.56 Å². The zero-order chi connectivity index (χ0) is 14.9. The third-order valence-corrected chi connectivity index (χ3v) is 2.81. The monoisotopic (exact) mass is 283 g/mol. The first kappa shape index (κ1) is 14.9. The summed E-state index contributed by atoms with van der Waals surface area (Å²) in [6, 6.07) is 12.7. The van der Waals surface area contributed by atoms with Crippen LogP contribution < -0.4 is 10.9 Å². The molecule has 0 spiro atoms. The fraction of sp³-hybridized carbons (Fsp3) is 0.125. The lowest BCUT2D eigenvalue weighted by Crippen LogP contribution is -2.45. The quantitative estimate of drug-likeness (QED) is 0.700. The summed E-state index contributed by atoms with van der Waals surface area (Å²) in [4.78, 5) is 15.7. The van der Waals surface area contributed by atoms with Crippen LogP contribution in [0.3, 0.4) is 0 Å². The number of aliphatic hydroxyl groups is 1. The second kappa shape index (κ2) is 7.94. The van der Waals surface area contributed by atoms with E-state index in [4.69, 9.17) is 0 Å². The van der Waals surface area contributed by atoms with Crippen LogP contribution >= 0.6 is 0 Å². The molecular formula is C16H17N3O2. The number of nitrogens with zero attached hydrogens (tertiary/aromatic N) is 1. The molecule has 1 heterocycles. The van der Waals surface area contributed by atoms with Gasteiger partial charge in [0.15, 0.2) is 0 Å². The molecular weight excluding hydrogens is 266 g/mol. The van der Waals surface area contributed by atoms with Crippen molar-refractivity contribution in [1.82, 2.24) is 15.8 Å². The van der Waals surface area contributed by atoms with Crippen LogP contribution in [0.25, 0.3) is 6.08 Å². The molecule has 1 aromatic carbocycles. The number of nitrogens with one attached hydrogen (secondary N) is 2. The van der Waals surface area contributed by atoms with E-state index in [0.717, 1.165) is 5.56 Å². The van der Waals surface area contributed by atoms with Crippen LogP contribution in [-0.2, 0) is 0 Å². The number of carbonyl (C=O) groups excluding carboxylic acids is 1. The van der Waals surface area contributed by atoms with Crippen LogP contribution in [0, 0.1) is 0 Å². The van der Waals surface area contributed by atoms with Crippen molar-refractivity contribution in [3.05, 3.63) is 72.1 Å². The summed E-state index contributed by atoms with van der Waals surface area (Å²) in [5.41, 5.74) is 6.80. The van der Waals surface area contributed by atoms with Crippen molar-refractivity contribution < 1.29 is 9.90 Å². The number of benzene rings is 1. The van der Waals surface area contributed by atoms with Gasteiger partial charge in [-0.25, -0.2) is 5.43 Å². The predicted molar refractivity (Wildman–Crippen MR) is 81.2 cm³/mol. The minimum atomic E-state index is -0.370. The van der Waals surface area contributed by atoms with E-state index in [-0.39, 0.29) is 18.6 Å². The average molecular weight is 283 g/mol. The van der Waals surface area contributed by atoms with Crippen LogP contribution in [0.2, 0.25) is 0 Å². The molecule has 0 saturated heterocycles. The second-order valence-electron chi connectivity index (χ2n) is 4.40. The average Bonchev–Trinajstić information content (AvgIpc) is 2.56. The van der Waals surface area contributed by atoms with Gasteiger partial charge in [0.05, 0.1) is 18.2 Å². The van der Waals surface area contributed by atoms with Gasteiger partial charge in [-0.3, -0.25) is 15.2 Å². The van der Waals surface area contributed by atoms with Gasteiger partial charge in [0.25, 0.3) is 5.91 Å². The molecule has 2 aromatic rings. The lowest BCUT2D eigenvalue weighted by molar-refractivity contribution is 0.0922. The Balaban J connectivity index is 1.88. The van der Waals surface area contributed by atoms with Crippen LogP contribution in [0.4, 0.5) is 0 Å². The van der Waals surface area contributed by atoms with Gasteiger partial charge in [-0.15, -0.1) is 0 Å². The van der Waals surface area contributed by atoms with Crippen molar-refractivity contribution in [2.45, 2.75) is 6.04 Å². The highest BCUT2D eigenvalue weighted by Gasteiger charge is 2.07. The van der Waals surface area contributed by atoms with Gasteiger partial charge in [0.2, 0.25) is 0 Å². The lowest BCUT2D eigenvalue weighted by atomic mass is 10.2. The van der Waals surface area contributed by atoms with E-state index in [9.17, 15) is 9.90 Å². The highest BCUT2D eigenvalue weighted by molar-refractivity contribution is 5.93. The molecule has 0 radical (unpaired) electrons. The minimum Gasteiger partial charge on any atom is -0.394 e. The zero-order valence-corrected chi connectivity index (χ0v) is 11.4. The molecule has 1 amide bonds. The number of carbonyl (C=O) groups is 1. The van der Waals surface area contributed by atoms with Crippen molar-refractivity contribution in [2.75, 3.05) is 6.61 Å². The number of aliphatic hydroxyl groups excluding tert-OH is 1. The van der Waals surface area contributed by atoms with Crippen molar-refractivity contribution in [3.8, 4) is 0 Å². The van der Waals surface area contributed by atoms with Gasteiger partial charge in [-0.2, -0.15) is 0 Å². The maximum atomic E-state index is 11.8. The SMILES string of the molecule is O=C(NNC(/C=C/c1ccccc1)CO)c1cccnc1. The van der Waals surface area contributed by atoms with Crippen LogP contribution in [0.15, 0.2) is 60.9 Å². The number of pyridine rings is 1. The van der Waals surface area contributed by atoms with Crippen LogP contribution in [-0.4, -0.2) is 28.6 Å². The van der Waals surface area contributed by atoms with Crippen molar-refractivity contribution >= 4 is 12.0 Å². The van der Waals surface area contributed by atoms with Crippen molar-refractivity contribution in [3.63, 3.8) is 0 Å². The largest absolute Gasteiger partial charge is 0.394 e. The first-order valence-corrected chi connectivity index (χ1v) is 6.59. The van der Waals surface area contributed by atoms with Crippen molar-refractivity contribution in [2.24, 2.45) is 0 Å². The number of hydrogen-bond acceptors (Lipinski definition) is 4. The zero-order valence-electron chi connectivity index (χ0n) is 11.4. The normalized spacial score (nSPS) is 12.2. The van der Waals surface area contributed by atoms with Gasteiger partial charge in [-0.05, 0) is 17.7 Å². The van der Waals surface area contributed by atoms with Gasteiger partial charge < -0.3 is 5.11 Å². The Kier molecular flexibility index (Phi) is 5.63. The first-order valence-electron chi connectivity index (χ1n) is 6.59. The standard InChI is InChI=1S/C16H17N3O2/c20-12-15(9-8-13-5-2-1-3-6-13)18-19-16(21)14-7-4-10-17-11-14/h1-11,15,18,20H,12H2,(H,19,21)/b9-8+. The first-order chi connectivity index (χ1) is 10.3. The van der Waals surface area contributed by atoms with E-state index in [1.54, 1.807) is 24.4 Å². The Hall–Kier alpha value is -2.50. The van der Waals surface area contributed by atoms with E-state index in [1.165, 1.54) is 6.20 Å². The molecule has 1 atom stereocenters. The summed E-state index contributed by atoms with van der Waals surface area (Å²) in [5.74, 6) is -0.297. The summed E-state index contributed by atoms with van der Waals surface area (Å²) >= 11 is 0. The number of rotatable bonds is 6. The molecule has 0 fully saturated rings. The number of hydrogen-bond donors (Lipinski definition) is 3. The van der Waals surface area contributed by atoms with E-state index >= 15 is 0 Å². The molecule has 1 unspecified atom stereocenters. The number of aromatic nitrogens is 1. The fourth-order valence-electron chi connectivity index (χ4n) is 1.67. The molecule has 2 rings (SSSR count). The summed E-state index contributed by atoms with van der Waals surface area (Å²) in [6.45, 7) is -0.128. The smallest absolute Gasteiger partial charge is 0.266 e. The van der Waals surface area contributed by atoms with Crippen LogP contribution in [0.5, 0.6) is 0 Å². The molecule has 0 bridgehead atoms. The molecule has 21 heavy (non-hydrogen) atoms. The molecule has 0 aliphatic rings. The summed E-state index contributed by atoms with van der Waals surface area (Å²) < 4.78 is 0. The van der Waals surface area contributed by atoms with Crippen molar-refractivity contribution in [1.29, 1.82) is 0 Å². The Morgan fingerprint density at radius 2 is 2.05 bits per heavy atom. The highest BCUT2D eigenvalue weighted by Crippen LogP contribution is 2.02. The van der Waals surface area contributed by atoms with Gasteiger partial charge in [0, 0.05) is 12.4 Å². The highest BCUT2D eigenvalue weighted by atomic mass is 16.3. The summed E-state index contributed by atoms with van der Waals surface area (Å²) in [7, 11) is 0. The number of hydrazine groups is 1. The molecule has 5 nitrogen and oxygen atoms in total. The third-order valence-electron chi connectivity index (χ3n) is 2.81. The van der Waals surface area contributed by atoms with Gasteiger partial charge in [-0.1, -0.05) is 42.5 Å². The predicted octanol–water partition coefficient (Wildman–Crippen LogP) is 1.39. The number of amides is 1. The Bertz CT molecular complexity index is 585. The Labute approximate surface area is 123 Å². The molecule has 1 aromatic heterocycles. The lowest BCUT2D eigenvalue weighted by Gasteiger charge is -2.13. The second-order valence-corrected chi connectivity index (χ2v) is 4.40. The Morgan fingerprint density at radius 1 is 1.24 bits per heavy atom. The van der Waals surface area contributed by atoms with Gasteiger partial charge >= 0.3 is 0 Å². The maximum absolute atomic E-state index is 11.8. The Morgan fingerprint density at radius 3 is 2.71 bits per heavy atom. The fourth-order valence-corrected chi connectivity index (χ4v) is 1.67. The maximum Gasteiger partial charge on any atom is 0.266 e. The van der Waals surface area contributed by atoms with E-state index < -0.39 is 0 Å².